The van der Waals surface area contributed by atoms with Crippen LogP contribution in [0.15, 0.2) is 0 Å². The van der Waals surface area contributed by atoms with Crippen LogP contribution in [0.4, 0.5) is 4.79 Å². The number of hydrogen-bond acceptors (Lipinski definition) is 2. The maximum atomic E-state index is 12.1. The Labute approximate surface area is 102 Å². The highest BCUT2D eigenvalue weighted by atomic mass is 16.2. The van der Waals surface area contributed by atoms with Crippen molar-refractivity contribution in [2.75, 3.05) is 13.1 Å². The third-order valence-electron chi connectivity index (χ3n) is 3.66. The molecule has 17 heavy (non-hydrogen) atoms. The average Bonchev–Trinajstić information content (AvgIpc) is 2.81. The predicted octanol–water partition coefficient (Wildman–Crippen LogP) is 0.849. The molecule has 0 aromatic heterocycles. The van der Waals surface area contributed by atoms with Gasteiger partial charge in [0.15, 0.2) is 0 Å². The summed E-state index contributed by atoms with van der Waals surface area (Å²) in [6.45, 7) is 3.11. The second-order valence-electron chi connectivity index (χ2n) is 4.84. The van der Waals surface area contributed by atoms with E-state index in [2.05, 4.69) is 10.6 Å². The Morgan fingerprint density at radius 2 is 2.18 bits per heavy atom. The quantitative estimate of drug-likeness (QED) is 0.750. The van der Waals surface area contributed by atoms with Crippen LogP contribution in [0.1, 0.15) is 39.0 Å². The molecule has 96 valence electrons. The van der Waals surface area contributed by atoms with Gasteiger partial charge in [-0.05, 0) is 19.3 Å². The Balaban J connectivity index is 1.94. The molecule has 2 aliphatic rings. The number of amides is 3. The summed E-state index contributed by atoms with van der Waals surface area (Å²) >= 11 is 0. The van der Waals surface area contributed by atoms with Gasteiger partial charge in [0.25, 0.3) is 0 Å². The molecule has 0 bridgehead atoms. The number of nitrogens with one attached hydrogen (secondary N) is 2. The van der Waals surface area contributed by atoms with Gasteiger partial charge < -0.3 is 15.5 Å². The predicted molar refractivity (Wildman–Crippen MR) is 64.6 cm³/mol. The van der Waals surface area contributed by atoms with E-state index in [-0.39, 0.29) is 18.0 Å². The molecule has 2 N–H and O–H groups in total. The lowest BCUT2D eigenvalue weighted by molar-refractivity contribution is -0.127. The molecule has 0 radical (unpaired) electrons. The molecule has 2 fully saturated rings. The van der Waals surface area contributed by atoms with Gasteiger partial charge in [0.2, 0.25) is 5.91 Å². The van der Waals surface area contributed by atoms with Crippen molar-refractivity contribution >= 4 is 11.9 Å². The molecule has 5 nitrogen and oxygen atoms in total. The number of hydrogen-bond donors (Lipinski definition) is 2. The zero-order chi connectivity index (χ0) is 12.3. The summed E-state index contributed by atoms with van der Waals surface area (Å²) in [7, 11) is 0. The van der Waals surface area contributed by atoms with Crippen molar-refractivity contribution in [2.24, 2.45) is 0 Å². The van der Waals surface area contributed by atoms with E-state index in [4.69, 9.17) is 0 Å². The molecule has 1 aliphatic heterocycles. The second-order valence-corrected chi connectivity index (χ2v) is 4.84. The van der Waals surface area contributed by atoms with E-state index < -0.39 is 0 Å². The molecule has 1 saturated carbocycles. The lowest BCUT2D eigenvalue weighted by Gasteiger charge is -2.35. The van der Waals surface area contributed by atoms with Crippen molar-refractivity contribution in [1.29, 1.82) is 0 Å². The normalized spacial score (nSPS) is 25.8. The van der Waals surface area contributed by atoms with Crippen LogP contribution in [0.3, 0.4) is 0 Å². The largest absolute Gasteiger partial charge is 0.353 e. The number of piperazine rings is 1. The molecule has 1 saturated heterocycles. The molecular formula is C12H21N3O2. The Morgan fingerprint density at radius 3 is 2.82 bits per heavy atom. The fraction of sp³-hybridized carbons (Fsp3) is 0.833. The van der Waals surface area contributed by atoms with E-state index in [9.17, 15) is 9.59 Å². The molecule has 0 aromatic rings. The van der Waals surface area contributed by atoms with Crippen molar-refractivity contribution in [1.82, 2.24) is 15.5 Å². The number of rotatable bonds is 2. The topological polar surface area (TPSA) is 61.4 Å². The van der Waals surface area contributed by atoms with Crippen LogP contribution in [-0.2, 0) is 4.79 Å². The molecule has 1 unspecified atom stereocenters. The van der Waals surface area contributed by atoms with E-state index in [1.54, 1.807) is 4.90 Å². The molecule has 0 aromatic carbocycles. The van der Waals surface area contributed by atoms with Gasteiger partial charge in [0.1, 0.15) is 6.04 Å². The zero-order valence-corrected chi connectivity index (χ0v) is 10.4. The van der Waals surface area contributed by atoms with Crippen LogP contribution >= 0.6 is 0 Å². The van der Waals surface area contributed by atoms with Crippen LogP contribution in [0.5, 0.6) is 0 Å². The lowest BCUT2D eigenvalue weighted by Crippen LogP contribution is -2.60. The van der Waals surface area contributed by atoms with Gasteiger partial charge in [0, 0.05) is 19.1 Å². The van der Waals surface area contributed by atoms with Crippen LogP contribution in [0.2, 0.25) is 0 Å². The van der Waals surface area contributed by atoms with Crippen molar-refractivity contribution in [3.8, 4) is 0 Å². The third-order valence-corrected chi connectivity index (χ3v) is 3.66. The third kappa shape index (κ3) is 2.70. The highest BCUT2D eigenvalue weighted by Gasteiger charge is 2.32. The highest BCUT2D eigenvalue weighted by molar-refractivity contribution is 5.88. The minimum atomic E-state index is -0.301. The van der Waals surface area contributed by atoms with Gasteiger partial charge in [-0.15, -0.1) is 0 Å². The van der Waals surface area contributed by atoms with Gasteiger partial charge in [-0.3, -0.25) is 4.79 Å². The lowest BCUT2D eigenvalue weighted by atomic mass is 10.1. The minimum absolute atomic E-state index is 0.0275. The van der Waals surface area contributed by atoms with Crippen LogP contribution in [0, 0.1) is 0 Å². The molecule has 1 atom stereocenters. The van der Waals surface area contributed by atoms with E-state index in [0.29, 0.717) is 25.6 Å². The van der Waals surface area contributed by atoms with Gasteiger partial charge in [-0.1, -0.05) is 19.8 Å². The van der Waals surface area contributed by atoms with Crippen LogP contribution < -0.4 is 10.6 Å². The molecule has 2 rings (SSSR count). The number of urea groups is 1. The highest BCUT2D eigenvalue weighted by Crippen LogP contribution is 2.18. The minimum Gasteiger partial charge on any atom is -0.353 e. The van der Waals surface area contributed by atoms with Crippen molar-refractivity contribution < 1.29 is 9.59 Å². The van der Waals surface area contributed by atoms with Crippen molar-refractivity contribution in [3.63, 3.8) is 0 Å². The van der Waals surface area contributed by atoms with Crippen LogP contribution in [0.25, 0.3) is 0 Å². The van der Waals surface area contributed by atoms with E-state index in [1.165, 1.54) is 12.8 Å². The summed E-state index contributed by atoms with van der Waals surface area (Å²) in [4.78, 5) is 25.4. The zero-order valence-electron chi connectivity index (χ0n) is 10.4. The maximum absolute atomic E-state index is 12.1. The fourth-order valence-corrected chi connectivity index (χ4v) is 2.69. The standard InChI is InChI=1S/C12H21N3O2/c1-2-10-11(16)13-7-8-15(10)12(17)14-9-5-3-4-6-9/h9-10H,2-8H2,1H3,(H,13,16)(H,14,17). The van der Waals surface area contributed by atoms with E-state index in [1.807, 2.05) is 6.92 Å². The Hall–Kier alpha value is -1.26. The monoisotopic (exact) mass is 239 g/mol. The average molecular weight is 239 g/mol. The fourth-order valence-electron chi connectivity index (χ4n) is 2.69. The summed E-state index contributed by atoms with van der Waals surface area (Å²) in [6.07, 6.45) is 5.21. The summed E-state index contributed by atoms with van der Waals surface area (Å²) in [5, 5.41) is 5.84. The van der Waals surface area contributed by atoms with Gasteiger partial charge in [0.05, 0.1) is 0 Å². The first-order valence-corrected chi connectivity index (χ1v) is 6.57. The first-order valence-electron chi connectivity index (χ1n) is 6.57. The SMILES string of the molecule is CCC1C(=O)NCCN1C(=O)NC1CCCC1. The van der Waals surface area contributed by atoms with E-state index >= 15 is 0 Å². The molecule has 5 heteroatoms. The second kappa shape index (κ2) is 5.38. The first-order chi connectivity index (χ1) is 8.22. The Morgan fingerprint density at radius 1 is 1.47 bits per heavy atom. The summed E-state index contributed by atoms with van der Waals surface area (Å²) in [6, 6.07) is -0.0613. The van der Waals surface area contributed by atoms with Crippen LogP contribution in [-0.4, -0.2) is 42.0 Å². The summed E-state index contributed by atoms with van der Waals surface area (Å²) in [5.41, 5.74) is 0. The molecule has 1 heterocycles. The molecule has 0 spiro atoms. The Kier molecular flexibility index (Phi) is 3.86. The van der Waals surface area contributed by atoms with Gasteiger partial charge in [-0.2, -0.15) is 0 Å². The van der Waals surface area contributed by atoms with Gasteiger partial charge in [-0.25, -0.2) is 4.79 Å². The molecule has 3 amide bonds. The Bertz CT molecular complexity index is 300. The molecule has 1 aliphatic carbocycles. The van der Waals surface area contributed by atoms with Gasteiger partial charge >= 0.3 is 6.03 Å². The van der Waals surface area contributed by atoms with Crippen molar-refractivity contribution in [3.05, 3.63) is 0 Å². The summed E-state index contributed by atoms with van der Waals surface area (Å²) in [5.74, 6) is -0.0275. The summed E-state index contributed by atoms with van der Waals surface area (Å²) < 4.78 is 0. The van der Waals surface area contributed by atoms with Crippen molar-refractivity contribution in [2.45, 2.75) is 51.1 Å². The van der Waals surface area contributed by atoms with E-state index in [0.717, 1.165) is 12.8 Å². The number of carbonyl (C=O) groups is 2. The first kappa shape index (κ1) is 12.2. The maximum Gasteiger partial charge on any atom is 0.318 e. The smallest absolute Gasteiger partial charge is 0.318 e. The number of nitrogens with zero attached hydrogens (tertiary/aromatic N) is 1. The number of carbonyl (C=O) groups excluding carboxylic acids is 2. The molecular weight excluding hydrogens is 218 g/mol.